The molecule has 3 aromatic rings. The molecular weight excluding hydrogens is 454 g/mol. The molecule has 2 aromatic carbocycles. The van der Waals surface area contributed by atoms with Gasteiger partial charge in [0.1, 0.15) is 0 Å². The number of rotatable bonds is 7. The molecule has 0 aliphatic heterocycles. The SMILES string of the molecule is CCOC(=O)CCn1c(=NC(=O)c2ccc(C(C)=O)cc2)sc2cc(S(N)(=O)=O)ccc21. The smallest absolute Gasteiger partial charge is 0.307 e. The predicted molar refractivity (Wildman–Crippen MR) is 119 cm³/mol. The highest BCUT2D eigenvalue weighted by Crippen LogP contribution is 2.22. The Morgan fingerprint density at radius 3 is 2.34 bits per heavy atom. The topological polar surface area (TPSA) is 138 Å². The monoisotopic (exact) mass is 475 g/mol. The number of carbonyl (C=O) groups is 3. The Morgan fingerprint density at radius 1 is 1.09 bits per heavy atom. The van der Waals surface area contributed by atoms with Gasteiger partial charge in [-0.1, -0.05) is 23.5 Å². The van der Waals surface area contributed by atoms with Crippen LogP contribution in [-0.4, -0.2) is 37.3 Å². The second kappa shape index (κ2) is 9.55. The number of thiazole rings is 1. The van der Waals surface area contributed by atoms with Gasteiger partial charge >= 0.3 is 5.97 Å². The minimum Gasteiger partial charge on any atom is -0.466 e. The molecule has 3 rings (SSSR count). The molecule has 0 spiro atoms. The number of nitrogens with two attached hydrogens (primary N) is 1. The zero-order valence-electron chi connectivity index (χ0n) is 17.4. The lowest BCUT2D eigenvalue weighted by atomic mass is 10.1. The van der Waals surface area contributed by atoms with Crippen molar-refractivity contribution < 1.29 is 27.5 Å². The molecule has 0 aliphatic carbocycles. The number of Topliss-reactive ketones (excluding diaryl/α,β-unsaturated/α-hetero) is 1. The van der Waals surface area contributed by atoms with Crippen molar-refractivity contribution in [1.29, 1.82) is 0 Å². The van der Waals surface area contributed by atoms with E-state index in [0.717, 1.165) is 11.3 Å². The van der Waals surface area contributed by atoms with Gasteiger partial charge in [-0.3, -0.25) is 14.4 Å². The summed E-state index contributed by atoms with van der Waals surface area (Å²) in [4.78, 5) is 40.4. The van der Waals surface area contributed by atoms with Crippen LogP contribution in [0.1, 0.15) is 41.0 Å². The lowest BCUT2D eigenvalue weighted by Crippen LogP contribution is -2.19. The Kier molecular flexibility index (Phi) is 7.02. The summed E-state index contributed by atoms with van der Waals surface area (Å²) in [6, 6.07) is 10.4. The number of esters is 1. The van der Waals surface area contributed by atoms with E-state index in [1.807, 2.05) is 0 Å². The number of sulfonamides is 1. The molecular formula is C21H21N3O6S2. The van der Waals surface area contributed by atoms with E-state index in [2.05, 4.69) is 4.99 Å². The maximum absolute atomic E-state index is 12.7. The van der Waals surface area contributed by atoms with Gasteiger partial charge in [0.15, 0.2) is 10.6 Å². The molecule has 1 amide bonds. The normalized spacial score (nSPS) is 12.2. The molecule has 0 saturated heterocycles. The highest BCUT2D eigenvalue weighted by atomic mass is 32.2. The summed E-state index contributed by atoms with van der Waals surface area (Å²) in [6.45, 7) is 3.57. The number of ketones is 1. The molecule has 11 heteroatoms. The summed E-state index contributed by atoms with van der Waals surface area (Å²) in [5.41, 5.74) is 1.36. The quantitative estimate of drug-likeness (QED) is 0.411. The second-order valence-electron chi connectivity index (χ2n) is 6.82. The molecule has 32 heavy (non-hydrogen) atoms. The van der Waals surface area contributed by atoms with Crippen molar-refractivity contribution in [2.24, 2.45) is 10.1 Å². The Labute approximate surface area is 188 Å². The van der Waals surface area contributed by atoms with Crippen LogP contribution >= 0.6 is 11.3 Å². The molecule has 0 atom stereocenters. The number of hydrogen-bond donors (Lipinski definition) is 1. The van der Waals surface area contributed by atoms with Crippen LogP contribution in [0.2, 0.25) is 0 Å². The van der Waals surface area contributed by atoms with E-state index in [1.54, 1.807) is 29.7 Å². The van der Waals surface area contributed by atoms with E-state index in [1.165, 1.54) is 31.2 Å². The first kappa shape index (κ1) is 23.5. The Morgan fingerprint density at radius 2 is 1.75 bits per heavy atom. The lowest BCUT2D eigenvalue weighted by Gasteiger charge is -2.06. The summed E-state index contributed by atoms with van der Waals surface area (Å²) in [6.07, 6.45) is 0.0469. The van der Waals surface area contributed by atoms with Crippen LogP contribution in [0.3, 0.4) is 0 Å². The summed E-state index contributed by atoms with van der Waals surface area (Å²) in [7, 11) is -3.91. The van der Waals surface area contributed by atoms with Crippen molar-refractivity contribution >= 4 is 49.2 Å². The minimum atomic E-state index is -3.91. The molecule has 1 aromatic heterocycles. The zero-order valence-corrected chi connectivity index (χ0v) is 19.0. The average molecular weight is 476 g/mol. The molecule has 0 aliphatic rings. The van der Waals surface area contributed by atoms with Crippen LogP contribution in [0.15, 0.2) is 52.4 Å². The van der Waals surface area contributed by atoms with E-state index in [0.29, 0.717) is 15.8 Å². The molecule has 168 valence electrons. The Hall–Kier alpha value is -3.15. The number of aromatic nitrogens is 1. The maximum Gasteiger partial charge on any atom is 0.307 e. The van der Waals surface area contributed by atoms with Crippen LogP contribution in [0.4, 0.5) is 0 Å². The minimum absolute atomic E-state index is 0.0469. The number of primary sulfonamides is 1. The molecule has 1 heterocycles. The number of amides is 1. The van der Waals surface area contributed by atoms with Gasteiger partial charge in [0.2, 0.25) is 10.0 Å². The van der Waals surface area contributed by atoms with Crippen LogP contribution in [0.5, 0.6) is 0 Å². The van der Waals surface area contributed by atoms with E-state index < -0.39 is 21.9 Å². The van der Waals surface area contributed by atoms with Gasteiger partial charge in [0.05, 0.1) is 28.1 Å². The summed E-state index contributed by atoms with van der Waals surface area (Å²) in [5, 5.41) is 5.22. The van der Waals surface area contributed by atoms with Gasteiger partial charge in [0, 0.05) is 17.7 Å². The Balaban J connectivity index is 2.07. The van der Waals surface area contributed by atoms with Crippen LogP contribution in [0.25, 0.3) is 10.2 Å². The van der Waals surface area contributed by atoms with Gasteiger partial charge in [-0.05, 0) is 44.2 Å². The summed E-state index contributed by atoms with van der Waals surface area (Å²) in [5.74, 6) is -1.06. The standard InChI is InChI=1S/C21H21N3O6S2/c1-3-30-19(26)10-11-24-17-9-8-16(32(22,28)29)12-18(17)31-21(24)23-20(27)15-6-4-14(5-7-15)13(2)25/h4-9,12H,3,10-11H2,1-2H3,(H2,22,28,29). The molecule has 0 radical (unpaired) electrons. The van der Waals surface area contributed by atoms with Crippen molar-refractivity contribution in [2.75, 3.05) is 6.61 Å². The number of aryl methyl sites for hydroxylation is 1. The van der Waals surface area contributed by atoms with Crippen molar-refractivity contribution in [3.63, 3.8) is 0 Å². The molecule has 0 saturated carbocycles. The number of benzene rings is 2. The van der Waals surface area contributed by atoms with E-state index >= 15 is 0 Å². The van der Waals surface area contributed by atoms with Crippen molar-refractivity contribution in [3.05, 3.63) is 58.4 Å². The number of ether oxygens (including phenoxy) is 1. The lowest BCUT2D eigenvalue weighted by molar-refractivity contribution is -0.143. The first-order valence-electron chi connectivity index (χ1n) is 9.62. The molecule has 2 N–H and O–H groups in total. The third-order valence-electron chi connectivity index (χ3n) is 4.56. The van der Waals surface area contributed by atoms with Gasteiger partial charge in [-0.15, -0.1) is 0 Å². The van der Waals surface area contributed by atoms with Gasteiger partial charge < -0.3 is 9.30 Å². The number of nitrogens with zero attached hydrogens (tertiary/aromatic N) is 2. The summed E-state index contributed by atoms with van der Waals surface area (Å²) < 4.78 is 30.6. The van der Waals surface area contributed by atoms with Gasteiger partial charge in [-0.25, -0.2) is 13.6 Å². The highest BCUT2D eigenvalue weighted by Gasteiger charge is 2.15. The number of carbonyl (C=O) groups excluding carboxylic acids is 3. The van der Waals surface area contributed by atoms with Crippen molar-refractivity contribution in [3.8, 4) is 0 Å². The number of fused-ring (bicyclic) bond motifs is 1. The number of hydrogen-bond acceptors (Lipinski definition) is 7. The zero-order chi connectivity index (χ0) is 23.5. The van der Waals surface area contributed by atoms with Gasteiger partial charge in [-0.2, -0.15) is 4.99 Å². The summed E-state index contributed by atoms with van der Waals surface area (Å²) >= 11 is 1.10. The van der Waals surface area contributed by atoms with Gasteiger partial charge in [0.25, 0.3) is 5.91 Å². The van der Waals surface area contributed by atoms with Crippen molar-refractivity contribution in [1.82, 2.24) is 4.57 Å². The van der Waals surface area contributed by atoms with Crippen molar-refractivity contribution in [2.45, 2.75) is 31.7 Å². The Bertz CT molecular complexity index is 1370. The van der Waals surface area contributed by atoms with Crippen LogP contribution < -0.4 is 9.94 Å². The van der Waals surface area contributed by atoms with E-state index in [9.17, 15) is 22.8 Å². The molecule has 0 bridgehead atoms. The largest absolute Gasteiger partial charge is 0.466 e. The first-order valence-corrected chi connectivity index (χ1v) is 12.0. The average Bonchev–Trinajstić information content (AvgIpc) is 3.08. The maximum atomic E-state index is 12.7. The third kappa shape index (κ3) is 5.36. The van der Waals surface area contributed by atoms with Crippen LogP contribution in [-0.2, 0) is 26.1 Å². The third-order valence-corrected chi connectivity index (χ3v) is 6.52. The first-order chi connectivity index (χ1) is 15.1. The fourth-order valence-electron chi connectivity index (χ4n) is 2.97. The fourth-order valence-corrected chi connectivity index (χ4v) is 4.68. The molecule has 9 nitrogen and oxygen atoms in total. The predicted octanol–water partition coefficient (Wildman–Crippen LogP) is 2.25. The fraction of sp³-hybridized carbons (Fsp3) is 0.238. The van der Waals surface area contributed by atoms with Crippen LogP contribution in [0, 0.1) is 0 Å². The second-order valence-corrected chi connectivity index (χ2v) is 9.39. The highest BCUT2D eigenvalue weighted by molar-refractivity contribution is 7.89. The molecule has 0 fully saturated rings. The van der Waals surface area contributed by atoms with E-state index in [-0.39, 0.29) is 40.6 Å². The van der Waals surface area contributed by atoms with E-state index in [4.69, 9.17) is 9.88 Å². The molecule has 0 unspecified atom stereocenters.